The van der Waals surface area contributed by atoms with Crippen LogP contribution in [0.4, 0.5) is 0 Å². The molecule has 2 heteroatoms. The van der Waals surface area contributed by atoms with E-state index in [1.165, 1.54) is 51.5 Å². The summed E-state index contributed by atoms with van der Waals surface area (Å²) in [4.78, 5) is 2.65. The van der Waals surface area contributed by atoms with Gasteiger partial charge >= 0.3 is 0 Å². The molecule has 0 spiro atoms. The molecule has 14 heavy (non-hydrogen) atoms. The van der Waals surface area contributed by atoms with Crippen molar-refractivity contribution < 1.29 is 0 Å². The van der Waals surface area contributed by atoms with Crippen molar-refractivity contribution >= 4 is 0 Å². The van der Waals surface area contributed by atoms with E-state index in [4.69, 9.17) is 5.73 Å². The fourth-order valence-corrected chi connectivity index (χ4v) is 3.35. The van der Waals surface area contributed by atoms with Crippen LogP contribution in [0, 0.1) is 5.92 Å². The summed E-state index contributed by atoms with van der Waals surface area (Å²) in [6.45, 7) is 3.27. The van der Waals surface area contributed by atoms with Crippen LogP contribution in [-0.4, -0.2) is 30.6 Å². The molecule has 2 nitrogen and oxygen atoms in total. The molecule has 1 saturated carbocycles. The zero-order valence-electron chi connectivity index (χ0n) is 9.25. The summed E-state index contributed by atoms with van der Waals surface area (Å²) in [7, 11) is 0. The van der Waals surface area contributed by atoms with Gasteiger partial charge in [0.2, 0.25) is 0 Å². The Morgan fingerprint density at radius 2 is 1.79 bits per heavy atom. The van der Waals surface area contributed by atoms with E-state index in [9.17, 15) is 0 Å². The topological polar surface area (TPSA) is 29.3 Å². The largest absolute Gasteiger partial charge is 0.329 e. The molecule has 2 rings (SSSR count). The lowest BCUT2D eigenvalue weighted by atomic mass is 9.83. The summed E-state index contributed by atoms with van der Waals surface area (Å²) >= 11 is 0. The van der Waals surface area contributed by atoms with Crippen molar-refractivity contribution in [3.63, 3.8) is 0 Å². The molecule has 1 aliphatic carbocycles. The van der Waals surface area contributed by atoms with E-state index in [1.54, 1.807) is 0 Å². The molecule has 0 amide bonds. The van der Waals surface area contributed by atoms with Gasteiger partial charge < -0.3 is 5.73 Å². The molecule has 1 heterocycles. The number of hydrogen-bond acceptors (Lipinski definition) is 2. The molecule has 82 valence electrons. The number of hydrogen-bond donors (Lipinski definition) is 1. The van der Waals surface area contributed by atoms with Crippen molar-refractivity contribution in [3.8, 4) is 0 Å². The minimum absolute atomic E-state index is 0.837. The van der Waals surface area contributed by atoms with Gasteiger partial charge in [0.05, 0.1) is 0 Å². The van der Waals surface area contributed by atoms with Gasteiger partial charge in [-0.25, -0.2) is 0 Å². The molecule has 0 aromatic heterocycles. The van der Waals surface area contributed by atoms with Gasteiger partial charge in [-0.15, -0.1) is 0 Å². The molecule has 2 fully saturated rings. The van der Waals surface area contributed by atoms with E-state index in [2.05, 4.69) is 4.90 Å². The monoisotopic (exact) mass is 196 g/mol. The summed E-state index contributed by atoms with van der Waals surface area (Å²) in [5.41, 5.74) is 5.66. The smallest absolute Gasteiger partial charge is 0.0124 e. The minimum atomic E-state index is 0.837. The van der Waals surface area contributed by atoms with Crippen LogP contribution in [0.5, 0.6) is 0 Å². The Labute approximate surface area is 87.8 Å². The second-order valence-electron chi connectivity index (χ2n) is 4.93. The van der Waals surface area contributed by atoms with Crippen molar-refractivity contribution in [2.75, 3.05) is 19.6 Å². The summed E-state index contributed by atoms with van der Waals surface area (Å²) in [6, 6.07) is 0.888. The molecule has 0 unspecified atom stereocenters. The highest BCUT2D eigenvalue weighted by molar-refractivity contribution is 4.86. The number of likely N-dealkylation sites (tertiary alicyclic amines) is 1. The Bertz CT molecular complexity index is 164. The third-order valence-electron chi connectivity index (χ3n) is 4.02. The van der Waals surface area contributed by atoms with Crippen molar-refractivity contribution in [1.29, 1.82) is 0 Å². The molecular weight excluding hydrogens is 172 g/mol. The normalized spacial score (nSPS) is 31.1. The lowest BCUT2D eigenvalue weighted by molar-refractivity contribution is 0.161. The van der Waals surface area contributed by atoms with Gasteiger partial charge in [0.15, 0.2) is 0 Å². The summed E-state index contributed by atoms with van der Waals surface area (Å²) in [5.74, 6) is 0.998. The Morgan fingerprint density at radius 1 is 1.00 bits per heavy atom. The third kappa shape index (κ3) is 2.29. The lowest BCUT2D eigenvalue weighted by Crippen LogP contribution is -2.39. The minimum Gasteiger partial charge on any atom is -0.329 e. The first-order chi connectivity index (χ1) is 6.92. The lowest BCUT2D eigenvalue weighted by Gasteiger charge is -2.33. The van der Waals surface area contributed by atoms with Crippen LogP contribution in [0.2, 0.25) is 0 Å². The molecule has 0 radical (unpaired) electrons. The van der Waals surface area contributed by atoms with E-state index >= 15 is 0 Å². The molecule has 0 aromatic rings. The van der Waals surface area contributed by atoms with Crippen LogP contribution in [0.3, 0.4) is 0 Å². The second-order valence-corrected chi connectivity index (χ2v) is 4.93. The molecule has 0 aromatic carbocycles. The SMILES string of the molecule is NCCN1CCC[C@H]1C1CCCCC1. The molecule has 0 bridgehead atoms. The predicted molar refractivity (Wildman–Crippen MR) is 60.2 cm³/mol. The van der Waals surface area contributed by atoms with Gasteiger partial charge in [0.25, 0.3) is 0 Å². The maximum atomic E-state index is 5.66. The van der Waals surface area contributed by atoms with Crippen LogP contribution >= 0.6 is 0 Å². The zero-order chi connectivity index (χ0) is 9.80. The summed E-state index contributed by atoms with van der Waals surface area (Å²) < 4.78 is 0. The van der Waals surface area contributed by atoms with Crippen LogP contribution < -0.4 is 5.73 Å². The Morgan fingerprint density at radius 3 is 2.50 bits per heavy atom. The van der Waals surface area contributed by atoms with Gasteiger partial charge in [-0.1, -0.05) is 19.3 Å². The van der Waals surface area contributed by atoms with Gasteiger partial charge in [0.1, 0.15) is 0 Å². The molecule has 1 saturated heterocycles. The highest BCUT2D eigenvalue weighted by Crippen LogP contribution is 2.33. The summed E-state index contributed by atoms with van der Waals surface area (Å²) in [6.07, 6.45) is 10.2. The quantitative estimate of drug-likeness (QED) is 0.748. The fraction of sp³-hybridized carbons (Fsp3) is 1.00. The maximum absolute atomic E-state index is 5.66. The first kappa shape index (κ1) is 10.4. The maximum Gasteiger partial charge on any atom is 0.0124 e. The molecular formula is C12H24N2. The highest BCUT2D eigenvalue weighted by Gasteiger charge is 2.31. The Hall–Kier alpha value is -0.0800. The average molecular weight is 196 g/mol. The van der Waals surface area contributed by atoms with Gasteiger partial charge in [-0.05, 0) is 38.1 Å². The Kier molecular flexibility index (Phi) is 3.82. The van der Waals surface area contributed by atoms with Gasteiger partial charge in [-0.2, -0.15) is 0 Å². The number of nitrogens with two attached hydrogens (primary N) is 1. The van der Waals surface area contributed by atoms with E-state index in [0.29, 0.717) is 0 Å². The summed E-state index contributed by atoms with van der Waals surface area (Å²) in [5, 5.41) is 0. The average Bonchev–Trinajstić information content (AvgIpc) is 2.68. The van der Waals surface area contributed by atoms with Gasteiger partial charge in [-0.3, -0.25) is 4.90 Å². The van der Waals surface area contributed by atoms with Crippen LogP contribution in [-0.2, 0) is 0 Å². The van der Waals surface area contributed by atoms with Crippen LogP contribution in [0.15, 0.2) is 0 Å². The van der Waals surface area contributed by atoms with Crippen LogP contribution in [0.1, 0.15) is 44.9 Å². The first-order valence-electron chi connectivity index (χ1n) is 6.36. The first-order valence-corrected chi connectivity index (χ1v) is 6.36. The molecule has 2 aliphatic rings. The molecule has 1 aliphatic heterocycles. The standard InChI is InChI=1S/C12H24N2/c13-8-10-14-9-4-7-12(14)11-5-2-1-3-6-11/h11-12H,1-10,13H2/t12-/m0/s1. The number of rotatable bonds is 3. The zero-order valence-corrected chi connectivity index (χ0v) is 9.25. The Balaban J connectivity index is 1.87. The second kappa shape index (κ2) is 5.13. The van der Waals surface area contributed by atoms with Gasteiger partial charge in [0, 0.05) is 19.1 Å². The molecule has 1 atom stereocenters. The van der Waals surface area contributed by atoms with Crippen molar-refractivity contribution in [3.05, 3.63) is 0 Å². The highest BCUT2D eigenvalue weighted by atomic mass is 15.2. The van der Waals surface area contributed by atoms with E-state index < -0.39 is 0 Å². The van der Waals surface area contributed by atoms with Crippen molar-refractivity contribution in [2.24, 2.45) is 11.7 Å². The van der Waals surface area contributed by atoms with Crippen LogP contribution in [0.25, 0.3) is 0 Å². The van der Waals surface area contributed by atoms with Crippen molar-refractivity contribution in [1.82, 2.24) is 4.90 Å². The molecule has 2 N–H and O–H groups in total. The van der Waals surface area contributed by atoms with Crippen molar-refractivity contribution in [2.45, 2.75) is 51.0 Å². The number of nitrogens with zero attached hydrogens (tertiary/aromatic N) is 1. The van der Waals surface area contributed by atoms with E-state index in [1.807, 2.05) is 0 Å². The predicted octanol–water partition coefficient (Wildman–Crippen LogP) is 1.99. The third-order valence-corrected chi connectivity index (χ3v) is 4.02. The van der Waals surface area contributed by atoms with E-state index in [-0.39, 0.29) is 0 Å². The fourth-order valence-electron chi connectivity index (χ4n) is 3.35. The van der Waals surface area contributed by atoms with E-state index in [0.717, 1.165) is 25.0 Å².